The molecule has 2 saturated carbocycles. The Morgan fingerprint density at radius 1 is 1.09 bits per heavy atom. The van der Waals surface area contributed by atoms with Crippen LogP contribution in [0.5, 0.6) is 0 Å². The highest BCUT2D eigenvalue weighted by atomic mass is 16.3. The first-order valence-corrected chi connectivity index (χ1v) is 9.34. The number of hydrogen-bond acceptors (Lipinski definition) is 3. The second-order valence-electron chi connectivity index (χ2n) is 8.41. The van der Waals surface area contributed by atoms with Crippen molar-refractivity contribution in [3.05, 3.63) is 0 Å². The number of likely N-dealkylation sites (tertiary alicyclic amines) is 1. The SMILES string of the molecule is O=C1NCCC[C@]12CN(C1CC3(CCCCC3)C1)CC[C@@H]2O. The van der Waals surface area contributed by atoms with Crippen molar-refractivity contribution in [3.63, 3.8) is 0 Å². The highest BCUT2D eigenvalue weighted by Gasteiger charge is 2.54. The Labute approximate surface area is 133 Å². The molecule has 4 aliphatic rings. The summed E-state index contributed by atoms with van der Waals surface area (Å²) in [6.07, 6.45) is 11.9. The molecule has 0 radical (unpaired) electrons. The van der Waals surface area contributed by atoms with Crippen molar-refractivity contribution >= 4 is 5.91 Å². The van der Waals surface area contributed by atoms with Gasteiger partial charge in [0.05, 0.1) is 11.5 Å². The van der Waals surface area contributed by atoms with Gasteiger partial charge >= 0.3 is 0 Å². The van der Waals surface area contributed by atoms with Crippen LogP contribution in [0.3, 0.4) is 0 Å². The van der Waals surface area contributed by atoms with E-state index in [-0.39, 0.29) is 5.91 Å². The maximum atomic E-state index is 12.5. The third-order valence-electron chi connectivity index (χ3n) is 7.12. The molecule has 2 N–H and O–H groups in total. The fraction of sp³-hybridized carbons (Fsp3) is 0.944. The highest BCUT2D eigenvalue weighted by Crippen LogP contribution is 2.54. The quantitative estimate of drug-likeness (QED) is 0.780. The average molecular weight is 306 g/mol. The molecule has 4 fully saturated rings. The lowest BCUT2D eigenvalue weighted by atomic mass is 9.57. The van der Waals surface area contributed by atoms with Crippen LogP contribution in [0, 0.1) is 10.8 Å². The third-order valence-corrected chi connectivity index (χ3v) is 7.12. The zero-order valence-corrected chi connectivity index (χ0v) is 13.6. The summed E-state index contributed by atoms with van der Waals surface area (Å²) < 4.78 is 0. The van der Waals surface area contributed by atoms with Gasteiger partial charge in [-0.05, 0) is 50.4 Å². The Kier molecular flexibility index (Phi) is 3.73. The molecule has 2 aliphatic carbocycles. The molecular weight excluding hydrogens is 276 g/mol. The van der Waals surface area contributed by atoms with Crippen molar-refractivity contribution < 1.29 is 9.90 Å². The highest BCUT2D eigenvalue weighted by molar-refractivity contribution is 5.84. The summed E-state index contributed by atoms with van der Waals surface area (Å²) in [5.41, 5.74) is 0.118. The van der Waals surface area contributed by atoms with Gasteiger partial charge in [0.2, 0.25) is 5.91 Å². The van der Waals surface area contributed by atoms with E-state index < -0.39 is 11.5 Å². The number of rotatable bonds is 1. The van der Waals surface area contributed by atoms with Crippen molar-refractivity contribution in [1.82, 2.24) is 10.2 Å². The summed E-state index contributed by atoms with van der Waals surface area (Å²) in [5.74, 6) is 0.0997. The molecule has 2 spiro atoms. The summed E-state index contributed by atoms with van der Waals surface area (Å²) in [6.45, 7) is 2.53. The van der Waals surface area contributed by atoms with Crippen LogP contribution >= 0.6 is 0 Å². The van der Waals surface area contributed by atoms with Crippen molar-refractivity contribution in [3.8, 4) is 0 Å². The van der Waals surface area contributed by atoms with Crippen LogP contribution in [-0.2, 0) is 4.79 Å². The van der Waals surface area contributed by atoms with E-state index in [1.54, 1.807) is 0 Å². The Hall–Kier alpha value is -0.610. The summed E-state index contributed by atoms with van der Waals surface area (Å²) in [6, 6.07) is 0.664. The van der Waals surface area contributed by atoms with Gasteiger partial charge in [-0.1, -0.05) is 19.3 Å². The molecule has 2 heterocycles. The fourth-order valence-electron chi connectivity index (χ4n) is 5.70. The van der Waals surface area contributed by atoms with Gasteiger partial charge in [0.15, 0.2) is 0 Å². The first-order chi connectivity index (χ1) is 10.6. The normalized spacial score (nSPS) is 39.7. The largest absolute Gasteiger partial charge is 0.392 e. The molecule has 22 heavy (non-hydrogen) atoms. The molecule has 0 bridgehead atoms. The molecule has 1 amide bonds. The number of carbonyl (C=O) groups excluding carboxylic acids is 1. The second kappa shape index (κ2) is 5.48. The number of amides is 1. The number of aliphatic hydroxyl groups excluding tert-OH is 1. The van der Waals surface area contributed by atoms with E-state index in [0.717, 1.165) is 38.9 Å². The van der Waals surface area contributed by atoms with Crippen molar-refractivity contribution in [2.75, 3.05) is 19.6 Å². The number of nitrogens with one attached hydrogen (secondary N) is 1. The molecule has 0 unspecified atom stereocenters. The minimum absolute atomic E-state index is 0.0997. The molecule has 2 atom stereocenters. The van der Waals surface area contributed by atoms with E-state index in [0.29, 0.717) is 11.5 Å². The van der Waals surface area contributed by atoms with E-state index in [1.165, 1.54) is 44.9 Å². The monoisotopic (exact) mass is 306 g/mol. The topological polar surface area (TPSA) is 52.6 Å². The van der Waals surface area contributed by atoms with Crippen LogP contribution < -0.4 is 5.32 Å². The minimum Gasteiger partial charge on any atom is -0.392 e. The Morgan fingerprint density at radius 3 is 2.59 bits per heavy atom. The van der Waals surface area contributed by atoms with Crippen molar-refractivity contribution in [2.45, 2.75) is 76.4 Å². The standard InChI is InChI=1S/C18H30N2O2/c21-15-5-10-20(13-18(15)8-4-9-19-16(18)22)14-11-17(12-14)6-2-1-3-7-17/h14-15,21H,1-13H2,(H,19,22)/t15-,18+/m0/s1. The predicted molar refractivity (Wildman–Crippen MR) is 85.4 cm³/mol. The number of hydrogen-bond donors (Lipinski definition) is 2. The lowest BCUT2D eigenvalue weighted by Gasteiger charge is -2.57. The molecule has 4 nitrogen and oxygen atoms in total. The zero-order chi connectivity index (χ0) is 15.2. The van der Waals surface area contributed by atoms with Gasteiger partial charge in [-0.3, -0.25) is 9.69 Å². The van der Waals surface area contributed by atoms with Gasteiger partial charge in [0.25, 0.3) is 0 Å². The van der Waals surface area contributed by atoms with Gasteiger partial charge < -0.3 is 10.4 Å². The van der Waals surface area contributed by atoms with E-state index in [9.17, 15) is 9.90 Å². The maximum absolute atomic E-state index is 12.5. The summed E-state index contributed by atoms with van der Waals surface area (Å²) in [7, 11) is 0. The maximum Gasteiger partial charge on any atom is 0.230 e. The van der Waals surface area contributed by atoms with Crippen molar-refractivity contribution in [2.24, 2.45) is 10.8 Å². The van der Waals surface area contributed by atoms with Crippen LogP contribution in [0.1, 0.15) is 64.2 Å². The van der Waals surface area contributed by atoms with Gasteiger partial charge in [-0.15, -0.1) is 0 Å². The number of carbonyl (C=O) groups is 1. The lowest BCUT2D eigenvalue weighted by molar-refractivity contribution is -0.155. The molecule has 0 aromatic carbocycles. The first kappa shape index (κ1) is 14.9. The van der Waals surface area contributed by atoms with Crippen LogP contribution in [-0.4, -0.2) is 47.7 Å². The van der Waals surface area contributed by atoms with Crippen LogP contribution in [0.25, 0.3) is 0 Å². The Bertz CT molecular complexity index is 438. The van der Waals surface area contributed by atoms with Gasteiger partial charge in [0, 0.05) is 25.7 Å². The zero-order valence-electron chi connectivity index (χ0n) is 13.6. The molecule has 2 aliphatic heterocycles. The van der Waals surface area contributed by atoms with Crippen LogP contribution in [0.2, 0.25) is 0 Å². The average Bonchev–Trinajstić information content (AvgIpc) is 2.51. The fourth-order valence-corrected chi connectivity index (χ4v) is 5.70. The first-order valence-electron chi connectivity index (χ1n) is 9.34. The lowest BCUT2D eigenvalue weighted by Crippen LogP contribution is -2.64. The smallest absolute Gasteiger partial charge is 0.230 e. The van der Waals surface area contributed by atoms with Gasteiger partial charge in [-0.2, -0.15) is 0 Å². The van der Waals surface area contributed by atoms with E-state index >= 15 is 0 Å². The Morgan fingerprint density at radius 2 is 1.86 bits per heavy atom. The second-order valence-corrected chi connectivity index (χ2v) is 8.41. The molecule has 0 aromatic rings. The number of nitrogens with zero attached hydrogens (tertiary/aromatic N) is 1. The van der Waals surface area contributed by atoms with Crippen molar-refractivity contribution in [1.29, 1.82) is 0 Å². The molecule has 124 valence electrons. The summed E-state index contributed by atoms with van der Waals surface area (Å²) >= 11 is 0. The minimum atomic E-state index is -0.522. The van der Waals surface area contributed by atoms with Crippen LogP contribution in [0.15, 0.2) is 0 Å². The van der Waals surface area contributed by atoms with Gasteiger partial charge in [0.1, 0.15) is 0 Å². The molecule has 2 saturated heterocycles. The molecule has 4 rings (SSSR count). The molecular formula is C18H30N2O2. The van der Waals surface area contributed by atoms with E-state index in [2.05, 4.69) is 10.2 Å². The van der Waals surface area contributed by atoms with E-state index in [4.69, 9.17) is 0 Å². The van der Waals surface area contributed by atoms with E-state index in [1.807, 2.05) is 0 Å². The summed E-state index contributed by atoms with van der Waals surface area (Å²) in [4.78, 5) is 15.0. The summed E-state index contributed by atoms with van der Waals surface area (Å²) in [5, 5.41) is 13.5. The Balaban J connectivity index is 1.43. The molecule has 4 heteroatoms. The van der Waals surface area contributed by atoms with Crippen LogP contribution in [0.4, 0.5) is 0 Å². The third kappa shape index (κ3) is 2.30. The number of aliphatic hydroxyl groups is 1. The van der Waals surface area contributed by atoms with Gasteiger partial charge in [-0.25, -0.2) is 0 Å². The number of piperidine rings is 2. The molecule has 0 aromatic heterocycles. The predicted octanol–water partition coefficient (Wildman–Crippen LogP) is 2.06.